The summed E-state index contributed by atoms with van der Waals surface area (Å²) in [6.07, 6.45) is 6.60. The molecule has 2 N–H and O–H groups in total. The molecular weight excluding hydrogens is 242 g/mol. The Morgan fingerprint density at radius 3 is 2.78 bits per heavy atom. The fraction of sp³-hybridized carbons (Fsp3) is 0.625. The van der Waals surface area contributed by atoms with Gasteiger partial charge in [0.2, 0.25) is 0 Å². The third kappa shape index (κ3) is 1.98. The summed E-state index contributed by atoms with van der Waals surface area (Å²) in [7, 11) is 0. The second-order valence-electron chi connectivity index (χ2n) is 6.42. The number of fused-ring (bicyclic) bond motifs is 2. The highest BCUT2D eigenvalue weighted by molar-refractivity contribution is 6.31. The van der Waals surface area contributed by atoms with Crippen LogP contribution < -0.4 is 5.73 Å². The van der Waals surface area contributed by atoms with Gasteiger partial charge in [-0.15, -0.1) is 0 Å². The summed E-state index contributed by atoms with van der Waals surface area (Å²) in [6, 6.07) is 6.44. The van der Waals surface area contributed by atoms with Gasteiger partial charge in [0, 0.05) is 5.02 Å². The summed E-state index contributed by atoms with van der Waals surface area (Å²) in [4.78, 5) is 0. The highest BCUT2D eigenvalue weighted by Crippen LogP contribution is 2.57. The van der Waals surface area contributed by atoms with E-state index in [2.05, 4.69) is 25.1 Å². The Morgan fingerprint density at radius 2 is 2.22 bits per heavy atom. The van der Waals surface area contributed by atoms with Crippen molar-refractivity contribution in [3.8, 4) is 0 Å². The molecule has 0 spiro atoms. The Bertz CT molecular complexity index is 456. The molecule has 1 aromatic rings. The largest absolute Gasteiger partial charge is 0.330 e. The Labute approximate surface area is 115 Å². The molecule has 2 fully saturated rings. The summed E-state index contributed by atoms with van der Waals surface area (Å²) in [5, 5.41) is 0.922. The first-order valence-electron chi connectivity index (χ1n) is 7.08. The summed E-state index contributed by atoms with van der Waals surface area (Å²) in [6.45, 7) is 2.91. The van der Waals surface area contributed by atoms with Crippen LogP contribution in [-0.4, -0.2) is 6.54 Å². The van der Waals surface area contributed by atoms with Gasteiger partial charge in [0.25, 0.3) is 0 Å². The van der Waals surface area contributed by atoms with Crippen LogP contribution >= 0.6 is 11.6 Å². The van der Waals surface area contributed by atoms with Crippen molar-refractivity contribution in [1.29, 1.82) is 0 Å². The van der Waals surface area contributed by atoms with Gasteiger partial charge in [0.15, 0.2) is 0 Å². The first kappa shape index (κ1) is 12.5. The zero-order valence-electron chi connectivity index (χ0n) is 11.1. The van der Waals surface area contributed by atoms with E-state index in [0.717, 1.165) is 29.8 Å². The number of benzene rings is 1. The molecule has 1 nitrogen and oxygen atoms in total. The second-order valence-corrected chi connectivity index (χ2v) is 6.83. The molecule has 18 heavy (non-hydrogen) atoms. The van der Waals surface area contributed by atoms with E-state index < -0.39 is 0 Å². The first-order chi connectivity index (χ1) is 8.63. The van der Waals surface area contributed by atoms with Gasteiger partial charge >= 0.3 is 0 Å². The summed E-state index contributed by atoms with van der Waals surface area (Å²) in [5.41, 5.74) is 9.00. The quantitative estimate of drug-likeness (QED) is 0.878. The molecule has 3 unspecified atom stereocenters. The summed E-state index contributed by atoms with van der Waals surface area (Å²) < 4.78 is 0. The number of hydrogen-bond donors (Lipinski definition) is 1. The van der Waals surface area contributed by atoms with Crippen molar-refractivity contribution in [2.45, 2.75) is 39.0 Å². The lowest BCUT2D eigenvalue weighted by molar-refractivity contribution is 0.172. The first-order valence-corrected chi connectivity index (χ1v) is 7.46. The number of halogens is 1. The van der Waals surface area contributed by atoms with E-state index in [1.54, 1.807) is 0 Å². The molecule has 0 radical (unpaired) electrons. The molecule has 2 aliphatic rings. The molecule has 2 aliphatic carbocycles. The molecule has 98 valence electrons. The minimum absolute atomic E-state index is 0.335. The van der Waals surface area contributed by atoms with Gasteiger partial charge in [0.05, 0.1) is 0 Å². The van der Waals surface area contributed by atoms with Crippen LogP contribution in [-0.2, 0) is 6.42 Å². The standard InChI is InChI=1S/C16H22ClN/c1-11-2-4-13(15(17)6-11)9-16(10-18)8-12-3-5-14(16)7-12/h2,4,6,12,14H,3,5,7-10,18H2,1H3. The van der Waals surface area contributed by atoms with Crippen molar-refractivity contribution in [3.05, 3.63) is 34.3 Å². The third-order valence-electron chi connectivity index (χ3n) is 5.26. The number of aryl methyl sites for hydroxylation is 1. The maximum Gasteiger partial charge on any atom is 0.0440 e. The van der Waals surface area contributed by atoms with Gasteiger partial charge in [0.1, 0.15) is 0 Å². The van der Waals surface area contributed by atoms with Crippen LogP contribution in [0.1, 0.15) is 36.8 Å². The highest BCUT2D eigenvalue weighted by Gasteiger charge is 2.49. The van der Waals surface area contributed by atoms with Crippen LogP contribution in [0.5, 0.6) is 0 Å². The molecule has 2 heteroatoms. The van der Waals surface area contributed by atoms with Crippen molar-refractivity contribution in [2.75, 3.05) is 6.54 Å². The predicted octanol–water partition coefficient (Wildman–Crippen LogP) is 3.96. The lowest BCUT2D eigenvalue weighted by atomic mass is 9.69. The Balaban J connectivity index is 1.86. The fourth-order valence-electron chi connectivity index (χ4n) is 4.27. The van der Waals surface area contributed by atoms with Crippen molar-refractivity contribution in [2.24, 2.45) is 23.0 Å². The van der Waals surface area contributed by atoms with Crippen LogP contribution in [0.4, 0.5) is 0 Å². The molecule has 2 saturated carbocycles. The monoisotopic (exact) mass is 263 g/mol. The van der Waals surface area contributed by atoms with Crippen molar-refractivity contribution in [1.82, 2.24) is 0 Å². The molecule has 3 rings (SSSR count). The molecule has 3 atom stereocenters. The average Bonchev–Trinajstić information content (AvgIpc) is 2.93. The van der Waals surface area contributed by atoms with Gasteiger partial charge < -0.3 is 5.73 Å². The SMILES string of the molecule is Cc1ccc(CC2(CN)CC3CCC2C3)c(Cl)c1. The lowest BCUT2D eigenvalue weighted by Gasteiger charge is -2.37. The van der Waals surface area contributed by atoms with E-state index in [-0.39, 0.29) is 0 Å². The maximum atomic E-state index is 6.39. The Kier molecular flexibility index (Phi) is 3.15. The molecule has 0 amide bonds. The van der Waals surface area contributed by atoms with Crippen molar-refractivity contribution >= 4 is 11.6 Å². The minimum Gasteiger partial charge on any atom is -0.330 e. The molecule has 1 aromatic carbocycles. The number of rotatable bonds is 3. The fourth-order valence-corrected chi connectivity index (χ4v) is 4.57. The van der Waals surface area contributed by atoms with Crippen LogP contribution in [0.15, 0.2) is 18.2 Å². The van der Waals surface area contributed by atoms with Crippen molar-refractivity contribution in [3.63, 3.8) is 0 Å². The highest BCUT2D eigenvalue weighted by atomic mass is 35.5. The molecule has 0 heterocycles. The topological polar surface area (TPSA) is 26.0 Å². The van der Waals surface area contributed by atoms with E-state index in [9.17, 15) is 0 Å². The predicted molar refractivity (Wildman–Crippen MR) is 76.8 cm³/mol. The van der Waals surface area contributed by atoms with E-state index >= 15 is 0 Å². The summed E-state index contributed by atoms with van der Waals surface area (Å²) in [5.74, 6) is 1.77. The van der Waals surface area contributed by atoms with E-state index in [1.807, 2.05) is 0 Å². The molecule has 0 saturated heterocycles. The molecule has 2 bridgehead atoms. The summed E-state index contributed by atoms with van der Waals surface area (Å²) >= 11 is 6.39. The van der Waals surface area contributed by atoms with Crippen LogP contribution in [0.25, 0.3) is 0 Å². The van der Waals surface area contributed by atoms with Crippen LogP contribution in [0, 0.1) is 24.2 Å². The van der Waals surface area contributed by atoms with E-state index in [4.69, 9.17) is 17.3 Å². The molecule has 0 aliphatic heterocycles. The Hall–Kier alpha value is -0.530. The molecule has 0 aromatic heterocycles. The van der Waals surface area contributed by atoms with Gasteiger partial charge in [-0.1, -0.05) is 30.2 Å². The smallest absolute Gasteiger partial charge is 0.0440 e. The molecular formula is C16H22ClN. The van der Waals surface area contributed by atoms with Crippen molar-refractivity contribution < 1.29 is 0 Å². The maximum absolute atomic E-state index is 6.39. The average molecular weight is 264 g/mol. The zero-order valence-corrected chi connectivity index (χ0v) is 11.8. The normalized spacial score (nSPS) is 34.2. The van der Waals surface area contributed by atoms with Crippen LogP contribution in [0.3, 0.4) is 0 Å². The van der Waals surface area contributed by atoms with E-state index in [1.165, 1.54) is 36.8 Å². The lowest BCUT2D eigenvalue weighted by Crippen LogP contribution is -2.38. The van der Waals surface area contributed by atoms with Crippen LogP contribution in [0.2, 0.25) is 5.02 Å². The second kappa shape index (κ2) is 4.54. The third-order valence-corrected chi connectivity index (χ3v) is 5.61. The minimum atomic E-state index is 0.335. The van der Waals surface area contributed by atoms with Gasteiger partial charge in [-0.25, -0.2) is 0 Å². The van der Waals surface area contributed by atoms with Gasteiger partial charge in [-0.3, -0.25) is 0 Å². The Morgan fingerprint density at radius 1 is 1.39 bits per heavy atom. The number of hydrogen-bond acceptors (Lipinski definition) is 1. The zero-order chi connectivity index (χ0) is 12.8. The van der Waals surface area contributed by atoms with Gasteiger partial charge in [-0.2, -0.15) is 0 Å². The van der Waals surface area contributed by atoms with E-state index in [0.29, 0.717) is 5.41 Å². The number of nitrogens with two attached hydrogens (primary N) is 1. The van der Waals surface area contributed by atoms with Gasteiger partial charge in [-0.05, 0) is 73.6 Å².